The van der Waals surface area contributed by atoms with Crippen molar-refractivity contribution in [1.29, 1.82) is 0 Å². The van der Waals surface area contributed by atoms with Crippen molar-refractivity contribution in [1.82, 2.24) is 0 Å². The lowest BCUT2D eigenvalue weighted by atomic mass is 10.2. The molecule has 0 fully saturated rings. The van der Waals surface area contributed by atoms with E-state index in [0.717, 1.165) is 5.71 Å². The van der Waals surface area contributed by atoms with E-state index in [9.17, 15) is 0 Å². The molecule has 0 aliphatic carbocycles. The minimum atomic E-state index is -0.159. The Labute approximate surface area is 61.1 Å². The van der Waals surface area contributed by atoms with Crippen LogP contribution >= 0.6 is 0 Å². The summed E-state index contributed by atoms with van der Waals surface area (Å²) in [6.45, 7) is 3.99. The maximum absolute atomic E-state index is 5.58. The minimum absolute atomic E-state index is 0.159. The zero-order valence-electron chi connectivity index (χ0n) is 6.33. The summed E-state index contributed by atoms with van der Waals surface area (Å²) in [6.07, 6.45) is 5.74. The van der Waals surface area contributed by atoms with Gasteiger partial charge >= 0.3 is 0 Å². The summed E-state index contributed by atoms with van der Waals surface area (Å²) < 4.78 is 0. The molecule has 0 bridgehead atoms. The lowest BCUT2D eigenvalue weighted by molar-refractivity contribution is 0.879. The lowest BCUT2D eigenvalue weighted by Gasteiger charge is -1.96. The predicted molar refractivity (Wildman–Crippen MR) is 44.0 cm³/mol. The van der Waals surface area contributed by atoms with Crippen LogP contribution in [0.1, 0.15) is 13.8 Å². The van der Waals surface area contributed by atoms with Gasteiger partial charge in [0.25, 0.3) is 0 Å². The topological polar surface area (TPSA) is 38.4 Å². The number of rotatable bonds is 0. The van der Waals surface area contributed by atoms with Gasteiger partial charge in [0.05, 0.1) is 0 Å². The van der Waals surface area contributed by atoms with Gasteiger partial charge in [-0.3, -0.25) is 4.99 Å². The average Bonchev–Trinajstić information content (AvgIpc) is 1.93. The van der Waals surface area contributed by atoms with Gasteiger partial charge in [-0.1, -0.05) is 6.08 Å². The number of hydrogen-bond donors (Lipinski definition) is 1. The van der Waals surface area contributed by atoms with Crippen molar-refractivity contribution in [3.8, 4) is 0 Å². The number of hydrogen-bond acceptors (Lipinski definition) is 2. The van der Waals surface area contributed by atoms with E-state index >= 15 is 0 Å². The van der Waals surface area contributed by atoms with E-state index in [1.807, 2.05) is 32.1 Å². The van der Waals surface area contributed by atoms with Crippen LogP contribution in [0.3, 0.4) is 0 Å². The molecule has 0 saturated heterocycles. The molecule has 54 valence electrons. The molecule has 0 radical (unpaired) electrons. The molecule has 1 aliphatic rings. The Morgan fingerprint density at radius 1 is 1.50 bits per heavy atom. The second-order valence-corrected chi connectivity index (χ2v) is 2.51. The highest BCUT2D eigenvalue weighted by molar-refractivity contribution is 5.94. The molecule has 2 N–H and O–H groups in total. The highest BCUT2D eigenvalue weighted by atomic mass is 14.9. The Morgan fingerprint density at radius 2 is 2.20 bits per heavy atom. The molecule has 2 heteroatoms. The molecule has 0 saturated carbocycles. The van der Waals surface area contributed by atoms with Crippen molar-refractivity contribution >= 4 is 5.71 Å². The third-order valence-corrected chi connectivity index (χ3v) is 1.35. The largest absolute Gasteiger partial charge is 0.306 e. The monoisotopic (exact) mass is 136 g/mol. The van der Waals surface area contributed by atoms with Crippen LogP contribution in [0.2, 0.25) is 0 Å². The summed E-state index contributed by atoms with van der Waals surface area (Å²) in [4.78, 5) is 4.16. The molecule has 10 heavy (non-hydrogen) atoms. The summed E-state index contributed by atoms with van der Waals surface area (Å²) in [5.41, 5.74) is 7.78. The Bertz CT molecular complexity index is 211. The van der Waals surface area contributed by atoms with Gasteiger partial charge in [0.15, 0.2) is 0 Å². The second-order valence-electron chi connectivity index (χ2n) is 2.51. The van der Waals surface area contributed by atoms with Gasteiger partial charge in [0.1, 0.15) is 6.17 Å². The maximum atomic E-state index is 5.58. The number of allylic oxidation sites excluding steroid dienone is 3. The lowest BCUT2D eigenvalue weighted by Crippen LogP contribution is -2.13. The van der Waals surface area contributed by atoms with E-state index in [1.165, 1.54) is 5.57 Å². The van der Waals surface area contributed by atoms with Crippen molar-refractivity contribution in [2.24, 2.45) is 10.7 Å². The third-order valence-electron chi connectivity index (χ3n) is 1.35. The Balaban J connectivity index is 2.88. The van der Waals surface area contributed by atoms with Crippen LogP contribution in [0, 0.1) is 0 Å². The van der Waals surface area contributed by atoms with Crippen LogP contribution in [0.4, 0.5) is 0 Å². The summed E-state index contributed by atoms with van der Waals surface area (Å²) in [7, 11) is 0. The first-order valence-electron chi connectivity index (χ1n) is 3.35. The van der Waals surface area contributed by atoms with Crippen molar-refractivity contribution in [2.75, 3.05) is 0 Å². The van der Waals surface area contributed by atoms with Gasteiger partial charge in [0.2, 0.25) is 0 Å². The standard InChI is InChI=1S/C8H12N2/c1-6-3-4-8(9)10-7(2)5-6/h3-5,8H,9H2,1-2H3. The van der Waals surface area contributed by atoms with Crippen molar-refractivity contribution in [3.05, 3.63) is 23.8 Å². The summed E-state index contributed by atoms with van der Waals surface area (Å²) in [5, 5.41) is 0. The highest BCUT2D eigenvalue weighted by Crippen LogP contribution is 2.02. The zero-order valence-corrected chi connectivity index (χ0v) is 6.33. The summed E-state index contributed by atoms with van der Waals surface area (Å²) >= 11 is 0. The van der Waals surface area contributed by atoms with E-state index in [0.29, 0.717) is 0 Å². The summed E-state index contributed by atoms with van der Waals surface area (Å²) in [5.74, 6) is 0. The molecule has 0 aromatic carbocycles. The first kappa shape index (κ1) is 7.22. The quantitative estimate of drug-likeness (QED) is 0.534. The minimum Gasteiger partial charge on any atom is -0.306 e. The van der Waals surface area contributed by atoms with E-state index in [1.54, 1.807) is 0 Å². The molecule has 1 rings (SSSR count). The first-order chi connectivity index (χ1) is 4.68. The Kier molecular flexibility index (Phi) is 2.02. The Morgan fingerprint density at radius 3 is 2.90 bits per heavy atom. The third kappa shape index (κ3) is 1.81. The maximum Gasteiger partial charge on any atom is 0.116 e. The van der Waals surface area contributed by atoms with Gasteiger partial charge in [-0.2, -0.15) is 0 Å². The predicted octanol–water partition coefficient (Wildman–Crippen LogP) is 1.25. The molecular formula is C8H12N2. The fraction of sp³-hybridized carbons (Fsp3) is 0.375. The molecule has 0 aromatic rings. The molecule has 0 aromatic heterocycles. The molecule has 0 amide bonds. The zero-order chi connectivity index (χ0) is 7.56. The summed E-state index contributed by atoms with van der Waals surface area (Å²) in [6, 6.07) is 0. The van der Waals surface area contributed by atoms with Crippen LogP contribution in [-0.2, 0) is 0 Å². The number of nitrogens with two attached hydrogens (primary N) is 1. The van der Waals surface area contributed by atoms with Crippen LogP contribution in [0.15, 0.2) is 28.8 Å². The SMILES string of the molecule is CC1=CC(C)=NC(N)C=C1. The normalized spacial score (nSPS) is 25.3. The highest BCUT2D eigenvalue weighted by Gasteiger charge is 1.97. The molecule has 1 heterocycles. The van der Waals surface area contributed by atoms with Gasteiger partial charge in [-0.15, -0.1) is 0 Å². The second kappa shape index (κ2) is 2.80. The van der Waals surface area contributed by atoms with E-state index in [2.05, 4.69) is 4.99 Å². The van der Waals surface area contributed by atoms with Gasteiger partial charge in [0, 0.05) is 5.71 Å². The van der Waals surface area contributed by atoms with Crippen LogP contribution in [-0.4, -0.2) is 11.9 Å². The average molecular weight is 136 g/mol. The first-order valence-corrected chi connectivity index (χ1v) is 3.35. The van der Waals surface area contributed by atoms with Crippen LogP contribution in [0.5, 0.6) is 0 Å². The van der Waals surface area contributed by atoms with Crippen LogP contribution < -0.4 is 5.73 Å². The molecular weight excluding hydrogens is 124 g/mol. The van der Waals surface area contributed by atoms with E-state index < -0.39 is 0 Å². The Hall–Kier alpha value is -0.890. The van der Waals surface area contributed by atoms with E-state index in [-0.39, 0.29) is 6.17 Å². The molecule has 1 aliphatic heterocycles. The van der Waals surface area contributed by atoms with Gasteiger partial charge in [-0.25, -0.2) is 0 Å². The number of aliphatic imine (C=N–C) groups is 1. The molecule has 0 spiro atoms. The fourth-order valence-corrected chi connectivity index (χ4v) is 0.943. The molecule has 1 unspecified atom stereocenters. The van der Waals surface area contributed by atoms with Gasteiger partial charge < -0.3 is 5.73 Å². The number of nitrogens with zero attached hydrogens (tertiary/aromatic N) is 1. The van der Waals surface area contributed by atoms with Crippen molar-refractivity contribution < 1.29 is 0 Å². The smallest absolute Gasteiger partial charge is 0.116 e. The molecule has 1 atom stereocenters. The fourth-order valence-electron chi connectivity index (χ4n) is 0.943. The molecule has 2 nitrogen and oxygen atoms in total. The van der Waals surface area contributed by atoms with Crippen molar-refractivity contribution in [3.63, 3.8) is 0 Å². The van der Waals surface area contributed by atoms with E-state index in [4.69, 9.17) is 5.73 Å². The van der Waals surface area contributed by atoms with Gasteiger partial charge in [-0.05, 0) is 31.6 Å². The van der Waals surface area contributed by atoms with Crippen molar-refractivity contribution in [2.45, 2.75) is 20.0 Å². The van der Waals surface area contributed by atoms with Crippen LogP contribution in [0.25, 0.3) is 0 Å².